The molecule has 1 rings (SSSR count). The van der Waals surface area contributed by atoms with Crippen LogP contribution in [0.15, 0.2) is 18.3 Å². The molecule has 1 heterocycles. The average molecular weight is 260 g/mol. The van der Waals surface area contributed by atoms with Crippen molar-refractivity contribution < 1.29 is 0 Å². The lowest BCUT2D eigenvalue weighted by Crippen LogP contribution is -2.27. The summed E-state index contributed by atoms with van der Waals surface area (Å²) in [5, 5.41) is 12.3. The van der Waals surface area contributed by atoms with Gasteiger partial charge in [-0.15, -0.1) is 0 Å². The van der Waals surface area contributed by atoms with Crippen LogP contribution in [0.5, 0.6) is 0 Å². The van der Waals surface area contributed by atoms with Crippen molar-refractivity contribution in [3.63, 3.8) is 0 Å². The number of nitrogens with zero attached hydrogens (tertiary/aromatic N) is 3. The predicted molar refractivity (Wildman–Crippen MR) is 77.7 cm³/mol. The summed E-state index contributed by atoms with van der Waals surface area (Å²) in [4.78, 5) is 6.40. The Hall–Kier alpha value is -1.44. The minimum Gasteiger partial charge on any atom is -0.313 e. The van der Waals surface area contributed by atoms with Crippen LogP contribution in [-0.4, -0.2) is 36.1 Å². The third kappa shape index (κ3) is 5.82. The Morgan fingerprint density at radius 1 is 1.42 bits per heavy atom. The van der Waals surface area contributed by atoms with Gasteiger partial charge in [0.05, 0.1) is 0 Å². The van der Waals surface area contributed by atoms with Crippen molar-refractivity contribution in [1.82, 2.24) is 15.2 Å². The normalized spacial score (nSPS) is 10.9. The highest BCUT2D eigenvalue weighted by Crippen LogP contribution is 2.03. The van der Waals surface area contributed by atoms with Crippen molar-refractivity contribution in [3.8, 4) is 6.07 Å². The molecule has 0 amide bonds. The maximum atomic E-state index is 8.93. The van der Waals surface area contributed by atoms with Crippen LogP contribution in [-0.2, 0) is 6.54 Å². The van der Waals surface area contributed by atoms with Crippen LogP contribution < -0.4 is 5.32 Å². The van der Waals surface area contributed by atoms with Crippen LogP contribution in [0.4, 0.5) is 0 Å². The summed E-state index contributed by atoms with van der Waals surface area (Å²) in [6, 6.07) is 6.55. The van der Waals surface area contributed by atoms with Crippen LogP contribution in [0, 0.1) is 11.3 Å². The van der Waals surface area contributed by atoms with Gasteiger partial charge >= 0.3 is 0 Å². The third-order valence-electron chi connectivity index (χ3n) is 3.31. The van der Waals surface area contributed by atoms with Gasteiger partial charge in [-0.2, -0.15) is 5.26 Å². The summed E-state index contributed by atoms with van der Waals surface area (Å²) >= 11 is 0. The van der Waals surface area contributed by atoms with Crippen LogP contribution in [0.1, 0.15) is 37.9 Å². The number of unbranched alkanes of at least 4 members (excludes halogenated alkanes) is 1. The highest BCUT2D eigenvalue weighted by molar-refractivity contribution is 5.30. The van der Waals surface area contributed by atoms with Crippen molar-refractivity contribution in [2.75, 3.05) is 20.1 Å². The van der Waals surface area contributed by atoms with Gasteiger partial charge in [-0.1, -0.05) is 6.07 Å². The molecule has 104 valence electrons. The molecule has 0 fully saturated rings. The molecule has 0 bridgehead atoms. The van der Waals surface area contributed by atoms with E-state index in [-0.39, 0.29) is 0 Å². The van der Waals surface area contributed by atoms with E-state index >= 15 is 0 Å². The molecule has 19 heavy (non-hydrogen) atoms. The molecule has 0 aliphatic rings. The first-order chi connectivity index (χ1) is 9.15. The van der Waals surface area contributed by atoms with Crippen molar-refractivity contribution in [1.29, 1.82) is 5.26 Å². The molecule has 1 aromatic heterocycles. The first-order valence-electron chi connectivity index (χ1n) is 6.90. The van der Waals surface area contributed by atoms with E-state index in [1.165, 1.54) is 6.42 Å². The molecule has 1 aromatic rings. The number of nitrogens with one attached hydrogen (secondary N) is 1. The Kier molecular flexibility index (Phi) is 7.09. The van der Waals surface area contributed by atoms with Gasteiger partial charge in [0.25, 0.3) is 0 Å². The average Bonchev–Trinajstić information content (AvgIpc) is 2.42. The first kappa shape index (κ1) is 15.6. The number of aromatic nitrogens is 1. The molecular weight excluding hydrogens is 236 g/mol. The summed E-state index contributed by atoms with van der Waals surface area (Å²) in [7, 11) is 2.16. The monoisotopic (exact) mass is 260 g/mol. The van der Waals surface area contributed by atoms with Crippen molar-refractivity contribution in [3.05, 3.63) is 29.6 Å². The molecule has 0 saturated heterocycles. The summed E-state index contributed by atoms with van der Waals surface area (Å²) < 4.78 is 0. The van der Waals surface area contributed by atoms with E-state index in [4.69, 9.17) is 5.26 Å². The standard InChI is InChI=1S/C15H24N4/c1-13(2)19(3)10-5-4-8-17-12-14-7-6-9-18-15(14)11-16/h6-7,9,13,17H,4-5,8,10,12H2,1-3H3. The van der Waals surface area contributed by atoms with E-state index in [0.717, 1.165) is 31.6 Å². The number of hydrogen-bond donors (Lipinski definition) is 1. The number of rotatable bonds is 8. The lowest BCUT2D eigenvalue weighted by molar-refractivity contribution is 0.268. The fourth-order valence-corrected chi connectivity index (χ4v) is 1.77. The summed E-state index contributed by atoms with van der Waals surface area (Å²) in [6.45, 7) is 7.26. The molecule has 0 unspecified atom stereocenters. The van der Waals surface area contributed by atoms with E-state index in [9.17, 15) is 0 Å². The third-order valence-corrected chi connectivity index (χ3v) is 3.31. The molecule has 0 atom stereocenters. The van der Waals surface area contributed by atoms with E-state index in [0.29, 0.717) is 11.7 Å². The van der Waals surface area contributed by atoms with E-state index in [2.05, 4.69) is 42.2 Å². The molecule has 4 nitrogen and oxygen atoms in total. The van der Waals surface area contributed by atoms with Gasteiger partial charge in [0.1, 0.15) is 11.8 Å². The highest BCUT2D eigenvalue weighted by atomic mass is 15.1. The lowest BCUT2D eigenvalue weighted by atomic mass is 10.2. The fourth-order valence-electron chi connectivity index (χ4n) is 1.77. The van der Waals surface area contributed by atoms with Crippen LogP contribution in [0.25, 0.3) is 0 Å². The number of nitriles is 1. The molecule has 0 aliphatic carbocycles. The topological polar surface area (TPSA) is 52.0 Å². The quantitative estimate of drug-likeness (QED) is 0.728. The molecule has 0 aliphatic heterocycles. The SMILES string of the molecule is CC(C)N(C)CCCCNCc1cccnc1C#N. The van der Waals surface area contributed by atoms with Crippen LogP contribution in [0.3, 0.4) is 0 Å². The zero-order valence-electron chi connectivity index (χ0n) is 12.2. The summed E-state index contributed by atoms with van der Waals surface area (Å²) in [6.07, 6.45) is 4.00. The summed E-state index contributed by atoms with van der Waals surface area (Å²) in [5.74, 6) is 0. The molecule has 0 radical (unpaired) electrons. The fraction of sp³-hybridized carbons (Fsp3) is 0.600. The Morgan fingerprint density at radius 3 is 2.89 bits per heavy atom. The second-order valence-electron chi connectivity index (χ2n) is 5.08. The zero-order chi connectivity index (χ0) is 14.1. The second kappa shape index (κ2) is 8.63. The molecule has 0 saturated carbocycles. The van der Waals surface area contributed by atoms with E-state index in [1.807, 2.05) is 12.1 Å². The molecule has 4 heteroatoms. The van der Waals surface area contributed by atoms with E-state index < -0.39 is 0 Å². The molecule has 0 spiro atoms. The predicted octanol–water partition coefficient (Wildman–Crippen LogP) is 2.16. The van der Waals surface area contributed by atoms with Gasteiger partial charge in [0.15, 0.2) is 0 Å². The van der Waals surface area contributed by atoms with Crippen molar-refractivity contribution in [2.45, 2.75) is 39.3 Å². The molecular formula is C15H24N4. The van der Waals surface area contributed by atoms with Gasteiger partial charge in [-0.25, -0.2) is 4.98 Å². The van der Waals surface area contributed by atoms with Gasteiger partial charge < -0.3 is 10.2 Å². The minimum atomic E-state index is 0.523. The van der Waals surface area contributed by atoms with Crippen LogP contribution >= 0.6 is 0 Å². The Labute approximate surface area is 116 Å². The Balaban J connectivity index is 2.16. The minimum absolute atomic E-state index is 0.523. The van der Waals surface area contributed by atoms with Gasteiger partial charge in [0.2, 0.25) is 0 Å². The zero-order valence-corrected chi connectivity index (χ0v) is 12.2. The van der Waals surface area contributed by atoms with Crippen molar-refractivity contribution in [2.24, 2.45) is 0 Å². The lowest BCUT2D eigenvalue weighted by Gasteiger charge is -2.20. The number of pyridine rings is 1. The number of hydrogen-bond acceptors (Lipinski definition) is 4. The second-order valence-corrected chi connectivity index (χ2v) is 5.08. The van der Waals surface area contributed by atoms with Crippen molar-refractivity contribution >= 4 is 0 Å². The molecule has 1 N–H and O–H groups in total. The van der Waals surface area contributed by atoms with E-state index in [1.54, 1.807) is 6.20 Å². The summed E-state index contributed by atoms with van der Waals surface area (Å²) in [5.41, 5.74) is 1.50. The Morgan fingerprint density at radius 2 is 2.21 bits per heavy atom. The smallest absolute Gasteiger partial charge is 0.144 e. The van der Waals surface area contributed by atoms with Gasteiger partial charge in [-0.05, 0) is 52.9 Å². The maximum Gasteiger partial charge on any atom is 0.144 e. The maximum absolute atomic E-state index is 8.93. The van der Waals surface area contributed by atoms with Gasteiger partial charge in [0, 0.05) is 24.3 Å². The van der Waals surface area contributed by atoms with Crippen LogP contribution in [0.2, 0.25) is 0 Å². The van der Waals surface area contributed by atoms with Gasteiger partial charge in [-0.3, -0.25) is 0 Å². The molecule has 0 aromatic carbocycles. The largest absolute Gasteiger partial charge is 0.313 e. The Bertz CT molecular complexity index is 409. The first-order valence-corrected chi connectivity index (χ1v) is 6.90. The highest BCUT2D eigenvalue weighted by Gasteiger charge is 2.03.